The summed E-state index contributed by atoms with van der Waals surface area (Å²) in [5, 5.41) is 3.95. The van der Waals surface area contributed by atoms with Gasteiger partial charge in [0.15, 0.2) is 18.1 Å². The largest absolute Gasteiger partial charge is 0.493 e. The van der Waals surface area contributed by atoms with E-state index in [0.717, 1.165) is 0 Å². The lowest BCUT2D eigenvalue weighted by molar-refractivity contribution is -0.159. The number of esters is 1. The van der Waals surface area contributed by atoms with Crippen molar-refractivity contribution in [1.29, 1.82) is 0 Å². The quantitative estimate of drug-likeness (QED) is 0.585. The van der Waals surface area contributed by atoms with Gasteiger partial charge >= 0.3 is 5.97 Å². The molecule has 3 aromatic rings. The minimum absolute atomic E-state index is 0.170. The lowest BCUT2D eigenvalue weighted by atomic mass is 10.2. The average Bonchev–Trinajstić information content (AvgIpc) is 3.21. The molecule has 0 spiro atoms. The van der Waals surface area contributed by atoms with E-state index in [0.29, 0.717) is 35.2 Å². The van der Waals surface area contributed by atoms with Gasteiger partial charge in [-0.2, -0.15) is 4.98 Å². The van der Waals surface area contributed by atoms with Crippen LogP contribution in [0.5, 0.6) is 17.2 Å². The molecule has 0 bridgehead atoms. The molecule has 0 fully saturated rings. The second-order valence-corrected chi connectivity index (χ2v) is 6.36. The maximum Gasteiger partial charge on any atom is 0.351 e. The van der Waals surface area contributed by atoms with E-state index in [1.165, 1.54) is 0 Å². The van der Waals surface area contributed by atoms with Crippen molar-refractivity contribution in [3.8, 4) is 28.6 Å². The van der Waals surface area contributed by atoms with Crippen LogP contribution in [0.3, 0.4) is 0 Å². The molecule has 0 aliphatic carbocycles. The van der Waals surface area contributed by atoms with Crippen molar-refractivity contribution in [2.45, 2.75) is 32.7 Å². The predicted octanol–water partition coefficient (Wildman–Crippen LogP) is 3.41. The second-order valence-electron chi connectivity index (χ2n) is 6.36. The van der Waals surface area contributed by atoms with Gasteiger partial charge in [-0.1, -0.05) is 29.4 Å². The fourth-order valence-corrected chi connectivity index (χ4v) is 2.95. The van der Waals surface area contributed by atoms with Crippen LogP contribution in [0.2, 0.25) is 0 Å². The molecule has 1 aliphatic rings. The molecule has 0 radical (unpaired) electrons. The maximum absolute atomic E-state index is 12.5. The zero-order valence-corrected chi connectivity index (χ0v) is 16.0. The Hall–Kier alpha value is -3.55. The van der Waals surface area contributed by atoms with Gasteiger partial charge in [-0.3, -0.25) is 0 Å². The Bertz CT molecular complexity index is 1000. The Morgan fingerprint density at radius 1 is 1.07 bits per heavy atom. The smallest absolute Gasteiger partial charge is 0.351 e. The van der Waals surface area contributed by atoms with Gasteiger partial charge in [-0.05, 0) is 38.1 Å². The highest BCUT2D eigenvalue weighted by atomic mass is 16.6. The van der Waals surface area contributed by atoms with Crippen LogP contribution in [-0.4, -0.2) is 34.9 Å². The third-order valence-electron chi connectivity index (χ3n) is 4.31. The summed E-state index contributed by atoms with van der Waals surface area (Å²) in [7, 11) is 0. The van der Waals surface area contributed by atoms with Crippen LogP contribution in [-0.2, 0) is 16.1 Å². The van der Waals surface area contributed by atoms with Gasteiger partial charge in [-0.25, -0.2) is 4.79 Å². The van der Waals surface area contributed by atoms with Crippen LogP contribution in [0.4, 0.5) is 0 Å². The molecule has 0 saturated heterocycles. The zero-order valence-electron chi connectivity index (χ0n) is 16.0. The van der Waals surface area contributed by atoms with E-state index in [-0.39, 0.29) is 12.5 Å². The van der Waals surface area contributed by atoms with Crippen LogP contribution < -0.4 is 14.2 Å². The number of carbonyl (C=O) groups is 1. The van der Waals surface area contributed by atoms with Crippen molar-refractivity contribution in [1.82, 2.24) is 10.1 Å². The number of hydrogen-bond acceptors (Lipinski definition) is 8. The second kappa shape index (κ2) is 8.22. The highest BCUT2D eigenvalue weighted by molar-refractivity contribution is 5.76. The first kappa shape index (κ1) is 18.8. The predicted molar refractivity (Wildman–Crippen MR) is 102 cm³/mol. The Morgan fingerprint density at radius 3 is 2.59 bits per heavy atom. The lowest BCUT2D eigenvalue weighted by Crippen LogP contribution is -2.44. The zero-order chi connectivity index (χ0) is 20.2. The van der Waals surface area contributed by atoms with E-state index in [9.17, 15) is 4.79 Å². The number of aromatic nitrogens is 2. The van der Waals surface area contributed by atoms with Gasteiger partial charge in [0.25, 0.3) is 5.89 Å². The fourth-order valence-electron chi connectivity index (χ4n) is 2.95. The van der Waals surface area contributed by atoms with E-state index >= 15 is 0 Å². The molecule has 0 N–H and O–H groups in total. The first-order valence-electron chi connectivity index (χ1n) is 9.29. The number of benzene rings is 2. The third-order valence-corrected chi connectivity index (χ3v) is 4.31. The van der Waals surface area contributed by atoms with Crippen LogP contribution in [0.1, 0.15) is 19.7 Å². The Labute approximate surface area is 167 Å². The number of carbonyl (C=O) groups excluding carboxylic acids is 1. The number of hydrogen-bond donors (Lipinski definition) is 0. The summed E-state index contributed by atoms with van der Waals surface area (Å²) in [6.45, 7) is 3.99. The van der Waals surface area contributed by atoms with Crippen molar-refractivity contribution < 1.29 is 28.3 Å². The van der Waals surface area contributed by atoms with Crippen LogP contribution in [0.25, 0.3) is 11.4 Å². The van der Waals surface area contributed by atoms with Gasteiger partial charge in [-0.15, -0.1) is 0 Å². The number of ether oxygens (including phenoxy) is 4. The molecule has 2 aromatic carbocycles. The molecule has 150 valence electrons. The molecule has 1 aliphatic heterocycles. The molecular formula is C21H20N2O6. The van der Waals surface area contributed by atoms with Crippen molar-refractivity contribution in [2.75, 3.05) is 6.61 Å². The van der Waals surface area contributed by atoms with Crippen LogP contribution >= 0.6 is 0 Å². The Kier molecular flexibility index (Phi) is 5.33. The lowest BCUT2D eigenvalue weighted by Gasteiger charge is -2.30. The van der Waals surface area contributed by atoms with Crippen molar-refractivity contribution in [3.05, 3.63) is 54.4 Å². The van der Waals surface area contributed by atoms with Crippen molar-refractivity contribution >= 4 is 5.97 Å². The number of nitrogens with zero attached hydrogens (tertiary/aromatic N) is 2. The van der Waals surface area contributed by atoms with Gasteiger partial charge < -0.3 is 23.5 Å². The molecule has 2 atom stereocenters. The van der Waals surface area contributed by atoms with Crippen molar-refractivity contribution in [2.24, 2.45) is 0 Å². The van der Waals surface area contributed by atoms with Gasteiger partial charge in [0.2, 0.25) is 11.9 Å². The summed E-state index contributed by atoms with van der Waals surface area (Å²) in [4.78, 5) is 16.8. The van der Waals surface area contributed by atoms with Crippen molar-refractivity contribution in [3.63, 3.8) is 0 Å². The van der Waals surface area contributed by atoms with Crippen LogP contribution in [0, 0.1) is 0 Å². The molecular weight excluding hydrogens is 376 g/mol. The number of rotatable bonds is 6. The van der Waals surface area contributed by atoms with E-state index in [2.05, 4.69) is 10.1 Å². The summed E-state index contributed by atoms with van der Waals surface area (Å²) in [6.07, 6.45) is -1.38. The molecule has 8 heteroatoms. The first-order valence-corrected chi connectivity index (χ1v) is 9.29. The summed E-state index contributed by atoms with van der Waals surface area (Å²) in [5.41, 5.74) is 0.699. The Morgan fingerprint density at radius 2 is 1.79 bits per heavy atom. The van der Waals surface area contributed by atoms with Crippen LogP contribution in [0.15, 0.2) is 53.1 Å². The highest BCUT2D eigenvalue weighted by Crippen LogP contribution is 2.34. The van der Waals surface area contributed by atoms with E-state index in [1.807, 2.05) is 37.3 Å². The molecule has 29 heavy (non-hydrogen) atoms. The highest BCUT2D eigenvalue weighted by Gasteiger charge is 2.35. The van der Waals surface area contributed by atoms with E-state index in [4.69, 9.17) is 23.5 Å². The van der Waals surface area contributed by atoms with E-state index in [1.54, 1.807) is 25.1 Å². The first-order chi connectivity index (χ1) is 14.2. The fraction of sp³-hybridized carbons (Fsp3) is 0.286. The standard InChI is InChI=1S/C21H20N2O6/c1-3-25-15-9-5-4-8-14(15)20-22-18(29-23-20)12-26-21(24)19-13(2)27-16-10-6-7-11-17(16)28-19/h4-11,13,19H,3,12H2,1-2H3. The monoisotopic (exact) mass is 396 g/mol. The summed E-state index contributed by atoms with van der Waals surface area (Å²) < 4.78 is 27.6. The number of fused-ring (bicyclic) bond motifs is 1. The van der Waals surface area contributed by atoms with Gasteiger partial charge in [0, 0.05) is 0 Å². The molecule has 8 nitrogen and oxygen atoms in total. The maximum atomic E-state index is 12.5. The molecule has 2 heterocycles. The summed E-state index contributed by atoms with van der Waals surface area (Å²) in [6, 6.07) is 14.5. The summed E-state index contributed by atoms with van der Waals surface area (Å²) >= 11 is 0. The minimum Gasteiger partial charge on any atom is -0.493 e. The topological polar surface area (TPSA) is 92.9 Å². The molecule has 2 unspecified atom stereocenters. The number of para-hydroxylation sites is 3. The average molecular weight is 396 g/mol. The van der Waals surface area contributed by atoms with Gasteiger partial charge in [0.1, 0.15) is 11.9 Å². The SMILES string of the molecule is CCOc1ccccc1-c1noc(COC(=O)C2Oc3ccccc3OC2C)n1. The normalized spacial score (nSPS) is 17.6. The molecule has 0 amide bonds. The molecule has 4 rings (SSSR count). The summed E-state index contributed by atoms with van der Waals surface area (Å²) in [5.74, 6) is 1.71. The third kappa shape index (κ3) is 4.01. The van der Waals surface area contributed by atoms with Gasteiger partial charge in [0.05, 0.1) is 12.2 Å². The molecule has 0 saturated carbocycles. The van der Waals surface area contributed by atoms with E-state index < -0.39 is 18.2 Å². The molecule has 1 aromatic heterocycles. The Balaban J connectivity index is 1.41. The minimum atomic E-state index is -0.883.